The van der Waals surface area contributed by atoms with Gasteiger partial charge in [-0.2, -0.15) is 0 Å². The van der Waals surface area contributed by atoms with Crippen molar-refractivity contribution in [2.75, 3.05) is 6.54 Å². The molecule has 0 aromatic carbocycles. The first kappa shape index (κ1) is 9.49. The standard InChI is InChI=1S/C10H15NS/c1-8(2)6-11-7-10-9(3)4-5-12-10/h4-5,11H,1,6-7H2,2-3H3. The van der Waals surface area contributed by atoms with E-state index in [2.05, 4.69) is 30.3 Å². The fourth-order valence-corrected chi connectivity index (χ4v) is 1.85. The number of thiophene rings is 1. The number of hydrogen-bond donors (Lipinski definition) is 1. The molecule has 1 N–H and O–H groups in total. The van der Waals surface area contributed by atoms with E-state index in [1.54, 1.807) is 0 Å². The van der Waals surface area contributed by atoms with Gasteiger partial charge in [0.1, 0.15) is 0 Å². The van der Waals surface area contributed by atoms with Crippen LogP contribution >= 0.6 is 11.3 Å². The topological polar surface area (TPSA) is 12.0 Å². The molecule has 1 aromatic heterocycles. The third kappa shape index (κ3) is 2.80. The first-order chi connectivity index (χ1) is 5.70. The van der Waals surface area contributed by atoms with Crippen LogP contribution < -0.4 is 5.32 Å². The van der Waals surface area contributed by atoms with Crippen LogP contribution in [0, 0.1) is 6.92 Å². The number of nitrogens with one attached hydrogen (secondary N) is 1. The largest absolute Gasteiger partial charge is 0.308 e. The van der Waals surface area contributed by atoms with Crippen molar-refractivity contribution >= 4 is 11.3 Å². The SMILES string of the molecule is C=C(C)CNCc1sccc1C. The highest BCUT2D eigenvalue weighted by Crippen LogP contribution is 2.14. The van der Waals surface area contributed by atoms with Gasteiger partial charge in [0.05, 0.1) is 0 Å². The number of aryl methyl sites for hydroxylation is 1. The Morgan fingerprint density at radius 3 is 2.92 bits per heavy atom. The lowest BCUT2D eigenvalue weighted by molar-refractivity contribution is 0.747. The van der Waals surface area contributed by atoms with Crippen molar-refractivity contribution in [1.29, 1.82) is 0 Å². The summed E-state index contributed by atoms with van der Waals surface area (Å²) in [5.74, 6) is 0. The Morgan fingerprint density at radius 2 is 2.42 bits per heavy atom. The Kier molecular flexibility index (Phi) is 3.50. The third-order valence-corrected chi connectivity index (χ3v) is 2.70. The molecule has 12 heavy (non-hydrogen) atoms. The fraction of sp³-hybridized carbons (Fsp3) is 0.400. The maximum Gasteiger partial charge on any atom is 0.0305 e. The molecule has 0 amide bonds. The smallest absolute Gasteiger partial charge is 0.0305 e. The van der Waals surface area contributed by atoms with E-state index in [0.717, 1.165) is 13.1 Å². The first-order valence-electron chi connectivity index (χ1n) is 4.08. The molecule has 0 atom stereocenters. The van der Waals surface area contributed by atoms with Crippen LogP contribution in [-0.2, 0) is 6.54 Å². The highest BCUT2D eigenvalue weighted by atomic mass is 32.1. The molecule has 66 valence electrons. The van der Waals surface area contributed by atoms with Crippen LogP contribution in [0.2, 0.25) is 0 Å². The van der Waals surface area contributed by atoms with Gasteiger partial charge < -0.3 is 5.32 Å². The molecular weight excluding hydrogens is 166 g/mol. The Balaban J connectivity index is 2.33. The summed E-state index contributed by atoms with van der Waals surface area (Å²) in [5.41, 5.74) is 2.57. The zero-order valence-corrected chi connectivity index (χ0v) is 8.50. The molecule has 0 aliphatic heterocycles. The number of hydrogen-bond acceptors (Lipinski definition) is 2. The van der Waals surface area contributed by atoms with E-state index in [4.69, 9.17) is 0 Å². The van der Waals surface area contributed by atoms with Crippen LogP contribution in [0.25, 0.3) is 0 Å². The minimum absolute atomic E-state index is 0.914. The van der Waals surface area contributed by atoms with Crippen molar-refractivity contribution in [2.45, 2.75) is 20.4 Å². The van der Waals surface area contributed by atoms with Crippen molar-refractivity contribution in [2.24, 2.45) is 0 Å². The van der Waals surface area contributed by atoms with Crippen molar-refractivity contribution in [1.82, 2.24) is 5.32 Å². The summed E-state index contributed by atoms with van der Waals surface area (Å²) < 4.78 is 0. The van der Waals surface area contributed by atoms with Crippen LogP contribution in [-0.4, -0.2) is 6.54 Å². The van der Waals surface area contributed by atoms with Crippen molar-refractivity contribution in [3.05, 3.63) is 34.0 Å². The quantitative estimate of drug-likeness (QED) is 0.704. The predicted octanol–water partition coefficient (Wildman–Crippen LogP) is 2.72. The Hall–Kier alpha value is -0.600. The van der Waals surface area contributed by atoms with Gasteiger partial charge in [0.2, 0.25) is 0 Å². The highest BCUT2D eigenvalue weighted by Gasteiger charge is 1.97. The second-order valence-electron chi connectivity index (χ2n) is 3.09. The summed E-state index contributed by atoms with van der Waals surface area (Å²) in [7, 11) is 0. The minimum Gasteiger partial charge on any atom is -0.308 e. The molecule has 0 bridgehead atoms. The van der Waals surface area contributed by atoms with Gasteiger partial charge in [-0.25, -0.2) is 0 Å². The van der Waals surface area contributed by atoms with Crippen LogP contribution in [0.3, 0.4) is 0 Å². The van der Waals surface area contributed by atoms with Gasteiger partial charge >= 0.3 is 0 Å². The summed E-state index contributed by atoms with van der Waals surface area (Å²) >= 11 is 1.81. The Morgan fingerprint density at radius 1 is 1.67 bits per heavy atom. The van der Waals surface area contributed by atoms with E-state index in [1.807, 2.05) is 18.3 Å². The van der Waals surface area contributed by atoms with Crippen LogP contribution in [0.15, 0.2) is 23.6 Å². The van der Waals surface area contributed by atoms with Gasteiger partial charge in [-0.1, -0.05) is 12.2 Å². The van der Waals surface area contributed by atoms with E-state index in [9.17, 15) is 0 Å². The molecule has 2 heteroatoms. The van der Waals surface area contributed by atoms with Gasteiger partial charge in [0.15, 0.2) is 0 Å². The van der Waals surface area contributed by atoms with Crippen LogP contribution in [0.5, 0.6) is 0 Å². The zero-order valence-electron chi connectivity index (χ0n) is 7.68. The van der Waals surface area contributed by atoms with Gasteiger partial charge in [-0.15, -0.1) is 11.3 Å². The highest BCUT2D eigenvalue weighted by molar-refractivity contribution is 7.10. The number of rotatable bonds is 4. The monoisotopic (exact) mass is 181 g/mol. The average Bonchev–Trinajstić information content (AvgIpc) is 2.36. The maximum absolute atomic E-state index is 3.84. The summed E-state index contributed by atoms with van der Waals surface area (Å²) in [6, 6.07) is 2.16. The average molecular weight is 181 g/mol. The normalized spacial score (nSPS) is 10.2. The molecule has 0 spiro atoms. The summed E-state index contributed by atoms with van der Waals surface area (Å²) in [5, 5.41) is 5.47. The fourth-order valence-electron chi connectivity index (χ4n) is 0.975. The minimum atomic E-state index is 0.914. The molecule has 1 nitrogen and oxygen atoms in total. The molecule has 1 aromatic rings. The van der Waals surface area contributed by atoms with Crippen molar-refractivity contribution in [3.8, 4) is 0 Å². The van der Waals surface area contributed by atoms with Gasteiger partial charge in [0.25, 0.3) is 0 Å². The van der Waals surface area contributed by atoms with Crippen molar-refractivity contribution in [3.63, 3.8) is 0 Å². The lowest BCUT2D eigenvalue weighted by Crippen LogP contribution is -2.14. The van der Waals surface area contributed by atoms with Crippen LogP contribution in [0.1, 0.15) is 17.4 Å². The molecule has 0 unspecified atom stereocenters. The Bertz CT molecular complexity index is 263. The molecule has 0 aliphatic rings. The lowest BCUT2D eigenvalue weighted by atomic mass is 10.3. The molecule has 0 saturated carbocycles. The van der Waals surface area contributed by atoms with E-state index >= 15 is 0 Å². The molecular formula is C10H15NS. The third-order valence-electron chi connectivity index (χ3n) is 1.68. The van der Waals surface area contributed by atoms with Crippen LogP contribution in [0.4, 0.5) is 0 Å². The first-order valence-corrected chi connectivity index (χ1v) is 4.96. The molecule has 1 heterocycles. The van der Waals surface area contributed by atoms with Gasteiger partial charge in [-0.05, 0) is 30.9 Å². The van der Waals surface area contributed by atoms with Gasteiger partial charge in [-0.3, -0.25) is 0 Å². The maximum atomic E-state index is 3.84. The second-order valence-corrected chi connectivity index (χ2v) is 4.09. The Labute approximate surface area is 78.1 Å². The summed E-state index contributed by atoms with van der Waals surface area (Å²) in [6.07, 6.45) is 0. The lowest BCUT2D eigenvalue weighted by Gasteiger charge is -2.02. The summed E-state index contributed by atoms with van der Waals surface area (Å²) in [6.45, 7) is 9.90. The molecule has 0 radical (unpaired) electrons. The van der Waals surface area contributed by atoms with E-state index in [1.165, 1.54) is 16.0 Å². The molecule has 0 saturated heterocycles. The van der Waals surface area contributed by atoms with Gasteiger partial charge in [0, 0.05) is 18.0 Å². The van der Waals surface area contributed by atoms with E-state index in [0.29, 0.717) is 0 Å². The predicted molar refractivity (Wildman–Crippen MR) is 55.6 cm³/mol. The molecule has 0 aliphatic carbocycles. The zero-order chi connectivity index (χ0) is 8.97. The second kappa shape index (κ2) is 4.43. The molecule has 1 rings (SSSR count). The van der Waals surface area contributed by atoms with E-state index < -0.39 is 0 Å². The van der Waals surface area contributed by atoms with Crippen molar-refractivity contribution < 1.29 is 0 Å². The van der Waals surface area contributed by atoms with E-state index in [-0.39, 0.29) is 0 Å². The molecule has 0 fully saturated rings. The summed E-state index contributed by atoms with van der Waals surface area (Å²) in [4.78, 5) is 1.43.